The molecule has 2 N–H and O–H groups in total. The zero-order chi connectivity index (χ0) is 15.1. The standard InChI is InChI=1S/C15H22ClN5/c1-2-3-4-5-6-7-10-21-15(18-19-20-21)13-11-12(16)8-9-14(13)17/h8-9,11H,2-7,10,17H2,1H3. The second-order valence-corrected chi connectivity index (χ2v) is 5.66. The Morgan fingerprint density at radius 1 is 1.14 bits per heavy atom. The lowest BCUT2D eigenvalue weighted by molar-refractivity contribution is 0.519. The molecule has 0 fully saturated rings. The molecule has 0 spiro atoms. The number of nitrogens with zero attached hydrogens (tertiary/aromatic N) is 4. The fraction of sp³-hybridized carbons (Fsp3) is 0.533. The number of anilines is 1. The summed E-state index contributed by atoms with van der Waals surface area (Å²) in [5, 5.41) is 12.5. The Balaban J connectivity index is 1.97. The first kappa shape index (κ1) is 15.8. The number of nitrogen functional groups attached to an aromatic ring is 1. The SMILES string of the molecule is CCCCCCCCn1nnnc1-c1cc(Cl)ccc1N. The molecule has 0 radical (unpaired) electrons. The van der Waals surface area contributed by atoms with Crippen LogP contribution in [-0.2, 0) is 6.54 Å². The molecule has 2 rings (SSSR count). The largest absolute Gasteiger partial charge is 0.398 e. The number of unbranched alkanes of at least 4 members (excludes halogenated alkanes) is 5. The zero-order valence-corrected chi connectivity index (χ0v) is 13.2. The molecule has 1 aromatic heterocycles. The van der Waals surface area contributed by atoms with Crippen LogP contribution in [-0.4, -0.2) is 20.2 Å². The van der Waals surface area contributed by atoms with Gasteiger partial charge in [0.1, 0.15) is 0 Å². The number of hydrogen-bond donors (Lipinski definition) is 1. The smallest absolute Gasteiger partial charge is 0.184 e. The van der Waals surface area contributed by atoms with Crippen molar-refractivity contribution in [3.63, 3.8) is 0 Å². The average Bonchev–Trinajstić information content (AvgIpc) is 2.93. The fourth-order valence-electron chi connectivity index (χ4n) is 2.31. The van der Waals surface area contributed by atoms with Crippen molar-refractivity contribution in [1.82, 2.24) is 20.2 Å². The van der Waals surface area contributed by atoms with Crippen LogP contribution in [0.4, 0.5) is 5.69 Å². The zero-order valence-electron chi connectivity index (χ0n) is 12.4. The molecule has 0 unspecified atom stereocenters. The van der Waals surface area contributed by atoms with E-state index in [9.17, 15) is 0 Å². The molecule has 6 heteroatoms. The third-order valence-corrected chi connectivity index (χ3v) is 3.75. The minimum atomic E-state index is 0.633. The van der Waals surface area contributed by atoms with E-state index in [2.05, 4.69) is 22.4 Å². The third kappa shape index (κ3) is 4.43. The summed E-state index contributed by atoms with van der Waals surface area (Å²) in [6.07, 6.45) is 7.43. The van der Waals surface area contributed by atoms with Gasteiger partial charge in [-0.2, -0.15) is 0 Å². The molecule has 0 aliphatic heterocycles. The Morgan fingerprint density at radius 3 is 2.71 bits per heavy atom. The fourth-order valence-corrected chi connectivity index (χ4v) is 2.48. The number of rotatable bonds is 8. The van der Waals surface area contributed by atoms with Crippen LogP contribution < -0.4 is 5.73 Å². The van der Waals surface area contributed by atoms with Crippen LogP contribution in [0.5, 0.6) is 0 Å². The lowest BCUT2D eigenvalue weighted by atomic mass is 10.1. The Kier molecular flexibility index (Phi) is 5.99. The predicted octanol–water partition coefficient (Wildman–Crippen LogP) is 3.94. The number of hydrogen-bond acceptors (Lipinski definition) is 4. The van der Waals surface area contributed by atoms with Crippen molar-refractivity contribution in [3.05, 3.63) is 23.2 Å². The summed E-state index contributed by atoms with van der Waals surface area (Å²) in [5.74, 6) is 0.684. The molecular weight excluding hydrogens is 286 g/mol. The number of benzene rings is 1. The van der Waals surface area contributed by atoms with Crippen molar-refractivity contribution in [2.24, 2.45) is 0 Å². The molecule has 0 saturated carbocycles. The normalized spacial score (nSPS) is 11.0. The first-order valence-corrected chi connectivity index (χ1v) is 7.91. The van der Waals surface area contributed by atoms with Crippen molar-refractivity contribution < 1.29 is 0 Å². The van der Waals surface area contributed by atoms with Crippen molar-refractivity contribution in [3.8, 4) is 11.4 Å². The van der Waals surface area contributed by atoms with E-state index in [0.717, 1.165) is 18.5 Å². The Hall–Kier alpha value is -1.62. The molecule has 0 bridgehead atoms. The quantitative estimate of drug-likeness (QED) is 0.592. The van der Waals surface area contributed by atoms with Gasteiger partial charge in [-0.3, -0.25) is 0 Å². The number of aromatic nitrogens is 4. The summed E-state index contributed by atoms with van der Waals surface area (Å²) in [6, 6.07) is 5.35. The highest BCUT2D eigenvalue weighted by Crippen LogP contribution is 2.26. The lowest BCUT2D eigenvalue weighted by Crippen LogP contribution is -2.04. The van der Waals surface area contributed by atoms with E-state index in [4.69, 9.17) is 17.3 Å². The summed E-state index contributed by atoms with van der Waals surface area (Å²) in [4.78, 5) is 0. The lowest BCUT2D eigenvalue weighted by Gasteiger charge is -2.07. The van der Waals surface area contributed by atoms with Gasteiger partial charge in [0.15, 0.2) is 5.82 Å². The van der Waals surface area contributed by atoms with Crippen LogP contribution in [0.3, 0.4) is 0 Å². The molecule has 0 amide bonds. The van der Waals surface area contributed by atoms with Crippen molar-refractivity contribution in [2.75, 3.05) is 5.73 Å². The second-order valence-electron chi connectivity index (χ2n) is 5.22. The number of nitrogens with two attached hydrogens (primary N) is 1. The van der Waals surface area contributed by atoms with E-state index in [1.165, 1.54) is 32.1 Å². The minimum Gasteiger partial charge on any atom is -0.398 e. The maximum absolute atomic E-state index is 6.03. The predicted molar refractivity (Wildman–Crippen MR) is 86.1 cm³/mol. The van der Waals surface area contributed by atoms with Gasteiger partial charge in [-0.05, 0) is 35.0 Å². The molecule has 0 saturated heterocycles. The van der Waals surface area contributed by atoms with E-state index >= 15 is 0 Å². The van der Waals surface area contributed by atoms with Crippen molar-refractivity contribution in [2.45, 2.75) is 52.0 Å². The van der Waals surface area contributed by atoms with Gasteiger partial charge >= 0.3 is 0 Å². The van der Waals surface area contributed by atoms with Gasteiger partial charge in [-0.1, -0.05) is 50.6 Å². The summed E-state index contributed by atoms with van der Waals surface area (Å²) in [6.45, 7) is 3.03. The van der Waals surface area contributed by atoms with Crippen LogP contribution in [0.15, 0.2) is 18.2 Å². The third-order valence-electron chi connectivity index (χ3n) is 3.51. The molecule has 5 nitrogen and oxygen atoms in total. The molecule has 1 aromatic carbocycles. The van der Waals surface area contributed by atoms with Gasteiger partial charge < -0.3 is 5.73 Å². The van der Waals surface area contributed by atoms with E-state index < -0.39 is 0 Å². The van der Waals surface area contributed by atoms with Gasteiger partial charge in [0.05, 0.1) is 0 Å². The second kappa shape index (κ2) is 7.98. The summed E-state index contributed by atoms with van der Waals surface area (Å²) < 4.78 is 1.81. The summed E-state index contributed by atoms with van der Waals surface area (Å²) >= 11 is 6.03. The van der Waals surface area contributed by atoms with Crippen LogP contribution in [0.25, 0.3) is 11.4 Å². The van der Waals surface area contributed by atoms with Gasteiger partial charge in [0.25, 0.3) is 0 Å². The van der Waals surface area contributed by atoms with Gasteiger partial charge in [0, 0.05) is 22.8 Å². The number of aryl methyl sites for hydroxylation is 1. The average molecular weight is 308 g/mol. The highest BCUT2D eigenvalue weighted by molar-refractivity contribution is 6.31. The van der Waals surface area contributed by atoms with E-state index in [-0.39, 0.29) is 0 Å². The molecule has 114 valence electrons. The Morgan fingerprint density at radius 2 is 1.90 bits per heavy atom. The first-order chi connectivity index (χ1) is 10.2. The molecule has 0 aliphatic rings. The first-order valence-electron chi connectivity index (χ1n) is 7.54. The van der Waals surface area contributed by atoms with E-state index in [1.54, 1.807) is 18.2 Å². The van der Waals surface area contributed by atoms with Crippen LogP contribution in [0.2, 0.25) is 5.02 Å². The number of halogens is 1. The maximum atomic E-state index is 6.03. The van der Waals surface area contributed by atoms with Crippen LogP contribution >= 0.6 is 11.6 Å². The Bertz CT molecular complexity index is 567. The molecule has 0 aliphatic carbocycles. The van der Waals surface area contributed by atoms with E-state index in [1.807, 2.05) is 4.68 Å². The monoisotopic (exact) mass is 307 g/mol. The minimum absolute atomic E-state index is 0.633. The molecule has 2 aromatic rings. The van der Waals surface area contributed by atoms with Crippen molar-refractivity contribution >= 4 is 17.3 Å². The molecule has 1 heterocycles. The van der Waals surface area contributed by atoms with Crippen LogP contribution in [0, 0.1) is 0 Å². The summed E-state index contributed by atoms with van der Waals surface area (Å²) in [5.41, 5.74) is 7.42. The van der Waals surface area contributed by atoms with Gasteiger partial charge in [-0.25, -0.2) is 4.68 Å². The van der Waals surface area contributed by atoms with Crippen LogP contribution in [0.1, 0.15) is 45.4 Å². The number of tetrazole rings is 1. The van der Waals surface area contributed by atoms with Gasteiger partial charge in [-0.15, -0.1) is 5.10 Å². The Labute approximate surface area is 130 Å². The van der Waals surface area contributed by atoms with Gasteiger partial charge in [0.2, 0.25) is 0 Å². The molecular formula is C15H22ClN5. The highest BCUT2D eigenvalue weighted by Gasteiger charge is 2.12. The maximum Gasteiger partial charge on any atom is 0.184 e. The molecule has 21 heavy (non-hydrogen) atoms. The van der Waals surface area contributed by atoms with E-state index in [0.29, 0.717) is 16.5 Å². The highest BCUT2D eigenvalue weighted by atomic mass is 35.5. The topological polar surface area (TPSA) is 69.6 Å². The molecule has 0 atom stereocenters. The summed E-state index contributed by atoms with van der Waals surface area (Å²) in [7, 11) is 0. The van der Waals surface area contributed by atoms with Crippen molar-refractivity contribution in [1.29, 1.82) is 0 Å².